The number of rotatable bonds is 2. The molecule has 1 heterocycles. The van der Waals surface area contributed by atoms with Gasteiger partial charge in [-0.2, -0.15) is 0 Å². The Balaban J connectivity index is 2.72. The van der Waals surface area contributed by atoms with Crippen LogP contribution in [0.4, 0.5) is 0 Å². The van der Waals surface area contributed by atoms with Gasteiger partial charge in [0, 0.05) is 17.6 Å². The van der Waals surface area contributed by atoms with Crippen molar-refractivity contribution >= 4 is 34.1 Å². The van der Waals surface area contributed by atoms with Crippen molar-refractivity contribution in [1.29, 1.82) is 0 Å². The summed E-state index contributed by atoms with van der Waals surface area (Å²) in [6, 6.07) is 4.73. The van der Waals surface area contributed by atoms with Crippen LogP contribution in [0.3, 0.4) is 0 Å². The molecule has 0 amide bonds. The lowest BCUT2D eigenvalue weighted by molar-refractivity contribution is 0.571. The predicted molar refractivity (Wildman–Crippen MR) is 69.7 cm³/mol. The van der Waals surface area contributed by atoms with E-state index in [1.807, 2.05) is 0 Å². The lowest BCUT2D eigenvalue weighted by Crippen LogP contribution is -2.31. The molecule has 6 heteroatoms. The van der Waals surface area contributed by atoms with E-state index in [4.69, 9.17) is 28.9 Å². The van der Waals surface area contributed by atoms with Gasteiger partial charge in [0.25, 0.3) is 5.56 Å². The fourth-order valence-electron chi connectivity index (χ4n) is 1.61. The summed E-state index contributed by atoms with van der Waals surface area (Å²) in [6.07, 6.45) is 0. The third-order valence-corrected chi connectivity index (χ3v) is 2.86. The summed E-state index contributed by atoms with van der Waals surface area (Å²) < 4.78 is 1.36. The highest BCUT2D eigenvalue weighted by Crippen LogP contribution is 2.17. The van der Waals surface area contributed by atoms with Crippen LogP contribution in [0, 0.1) is 0 Å². The fraction of sp³-hybridized carbons (Fsp3) is 0.273. The van der Waals surface area contributed by atoms with Crippen LogP contribution in [-0.2, 0) is 6.54 Å². The molecule has 0 fully saturated rings. The number of fused-ring (bicyclic) bond motifs is 1. The van der Waals surface area contributed by atoms with Gasteiger partial charge >= 0.3 is 0 Å². The van der Waals surface area contributed by atoms with Crippen molar-refractivity contribution in [2.75, 3.05) is 0 Å². The van der Waals surface area contributed by atoms with Gasteiger partial charge in [0.15, 0.2) is 0 Å². The Labute approximate surface area is 108 Å². The molecule has 2 rings (SSSR count). The van der Waals surface area contributed by atoms with E-state index in [1.54, 1.807) is 25.1 Å². The fourth-order valence-corrected chi connectivity index (χ4v) is 2.02. The van der Waals surface area contributed by atoms with Gasteiger partial charge in [0.05, 0.1) is 10.9 Å². The van der Waals surface area contributed by atoms with Crippen molar-refractivity contribution in [1.82, 2.24) is 9.55 Å². The molecule has 1 atom stereocenters. The summed E-state index contributed by atoms with van der Waals surface area (Å²) in [5, 5.41) is 1.13. The molecule has 1 aromatic heterocycles. The first-order valence-corrected chi connectivity index (χ1v) is 5.86. The predicted octanol–water partition coefficient (Wildman–Crippen LogP) is 2.05. The van der Waals surface area contributed by atoms with Gasteiger partial charge in [-0.1, -0.05) is 11.6 Å². The molecule has 2 aromatic rings. The molecule has 0 spiro atoms. The second kappa shape index (κ2) is 4.64. The Morgan fingerprint density at radius 2 is 2.18 bits per heavy atom. The molecule has 2 N–H and O–H groups in total. The average molecular weight is 272 g/mol. The van der Waals surface area contributed by atoms with Crippen molar-refractivity contribution in [3.8, 4) is 0 Å². The van der Waals surface area contributed by atoms with Crippen LogP contribution in [0.1, 0.15) is 6.92 Å². The van der Waals surface area contributed by atoms with Crippen molar-refractivity contribution in [3.63, 3.8) is 0 Å². The molecule has 0 aliphatic rings. The quantitative estimate of drug-likeness (QED) is 0.851. The van der Waals surface area contributed by atoms with Crippen LogP contribution in [0.15, 0.2) is 23.0 Å². The number of aromatic nitrogens is 2. The van der Waals surface area contributed by atoms with E-state index in [1.165, 1.54) is 4.57 Å². The number of halogens is 2. The molecule has 0 aliphatic carbocycles. The summed E-state index contributed by atoms with van der Waals surface area (Å²) in [5.41, 5.74) is 5.96. The number of nitrogens with zero attached hydrogens (tertiary/aromatic N) is 2. The maximum atomic E-state index is 12.1. The van der Waals surface area contributed by atoms with Crippen LogP contribution in [0.5, 0.6) is 0 Å². The largest absolute Gasteiger partial charge is 0.326 e. The Hall–Kier alpha value is -1.10. The molecule has 90 valence electrons. The van der Waals surface area contributed by atoms with Crippen molar-refractivity contribution < 1.29 is 0 Å². The highest BCUT2D eigenvalue weighted by molar-refractivity contribution is 6.31. The summed E-state index contributed by atoms with van der Waals surface area (Å²) in [6.45, 7) is 2.14. The van der Waals surface area contributed by atoms with Crippen LogP contribution < -0.4 is 11.3 Å². The van der Waals surface area contributed by atoms with Gasteiger partial charge in [-0.05, 0) is 36.7 Å². The lowest BCUT2D eigenvalue weighted by Gasteiger charge is -2.11. The van der Waals surface area contributed by atoms with E-state index in [-0.39, 0.29) is 16.9 Å². The third-order valence-electron chi connectivity index (χ3n) is 2.34. The normalized spacial score (nSPS) is 12.9. The lowest BCUT2D eigenvalue weighted by atomic mass is 10.2. The van der Waals surface area contributed by atoms with Gasteiger partial charge in [-0.15, -0.1) is 0 Å². The number of nitrogens with two attached hydrogens (primary N) is 1. The number of benzene rings is 1. The highest BCUT2D eigenvalue weighted by atomic mass is 35.5. The molecule has 17 heavy (non-hydrogen) atoms. The molecule has 0 bridgehead atoms. The summed E-state index contributed by atoms with van der Waals surface area (Å²) >= 11 is 11.8. The minimum absolute atomic E-state index is 0.127. The highest BCUT2D eigenvalue weighted by Gasteiger charge is 2.10. The molecular formula is C11H11Cl2N3O. The second-order valence-corrected chi connectivity index (χ2v) is 4.71. The third kappa shape index (κ3) is 2.44. The first kappa shape index (κ1) is 12.4. The first-order chi connectivity index (χ1) is 7.99. The summed E-state index contributed by atoms with van der Waals surface area (Å²) in [5.74, 6) is 0. The molecule has 1 aromatic carbocycles. The monoisotopic (exact) mass is 271 g/mol. The zero-order chi connectivity index (χ0) is 12.6. The second-order valence-electron chi connectivity index (χ2n) is 3.94. The molecule has 0 aliphatic heterocycles. The van der Waals surface area contributed by atoms with E-state index in [9.17, 15) is 4.79 Å². The summed E-state index contributed by atoms with van der Waals surface area (Å²) in [4.78, 5) is 16.3. The van der Waals surface area contributed by atoms with E-state index < -0.39 is 0 Å². The van der Waals surface area contributed by atoms with Crippen LogP contribution in [-0.4, -0.2) is 15.6 Å². The van der Waals surface area contributed by atoms with Crippen LogP contribution in [0.25, 0.3) is 10.9 Å². The van der Waals surface area contributed by atoms with Gasteiger partial charge in [0.1, 0.15) is 0 Å². The van der Waals surface area contributed by atoms with Gasteiger partial charge in [-0.3, -0.25) is 9.36 Å². The Bertz CT molecular complexity index is 622. The molecule has 0 saturated carbocycles. The van der Waals surface area contributed by atoms with E-state index in [0.29, 0.717) is 22.5 Å². The van der Waals surface area contributed by atoms with Gasteiger partial charge in [0.2, 0.25) is 5.28 Å². The minimum Gasteiger partial charge on any atom is -0.326 e. The molecule has 0 radical (unpaired) electrons. The minimum atomic E-state index is -0.200. The topological polar surface area (TPSA) is 60.9 Å². The maximum absolute atomic E-state index is 12.1. The Morgan fingerprint density at radius 1 is 1.47 bits per heavy atom. The zero-order valence-electron chi connectivity index (χ0n) is 9.15. The molecule has 1 unspecified atom stereocenters. The maximum Gasteiger partial charge on any atom is 0.262 e. The van der Waals surface area contributed by atoms with Crippen molar-refractivity contribution in [2.24, 2.45) is 5.73 Å². The zero-order valence-corrected chi connectivity index (χ0v) is 10.7. The number of hydrogen-bond donors (Lipinski definition) is 1. The van der Waals surface area contributed by atoms with Crippen molar-refractivity contribution in [2.45, 2.75) is 19.5 Å². The Kier molecular flexibility index (Phi) is 3.38. The van der Waals surface area contributed by atoms with Gasteiger partial charge < -0.3 is 5.73 Å². The number of hydrogen-bond acceptors (Lipinski definition) is 3. The van der Waals surface area contributed by atoms with Crippen molar-refractivity contribution in [3.05, 3.63) is 38.9 Å². The van der Waals surface area contributed by atoms with E-state index in [0.717, 1.165) is 0 Å². The van der Waals surface area contributed by atoms with E-state index >= 15 is 0 Å². The van der Waals surface area contributed by atoms with Crippen LogP contribution in [0.2, 0.25) is 10.3 Å². The smallest absolute Gasteiger partial charge is 0.262 e. The average Bonchev–Trinajstić information content (AvgIpc) is 2.23. The van der Waals surface area contributed by atoms with Gasteiger partial charge in [-0.25, -0.2) is 4.98 Å². The molecule has 4 nitrogen and oxygen atoms in total. The standard InChI is InChI=1S/C11H11Cl2N3O/c1-6(14)5-16-10(17)8-3-2-7(12)4-9(8)15-11(16)13/h2-4,6H,5,14H2,1H3. The van der Waals surface area contributed by atoms with Crippen LogP contribution >= 0.6 is 23.2 Å². The first-order valence-electron chi connectivity index (χ1n) is 5.10. The summed E-state index contributed by atoms with van der Waals surface area (Å²) in [7, 11) is 0. The SMILES string of the molecule is CC(N)Cn1c(Cl)nc2cc(Cl)ccc2c1=O. The van der Waals surface area contributed by atoms with E-state index in [2.05, 4.69) is 4.98 Å². The Morgan fingerprint density at radius 3 is 2.82 bits per heavy atom. The molecular weight excluding hydrogens is 261 g/mol. The molecule has 0 saturated heterocycles.